The number of phenolic OH excluding ortho intramolecular Hbond substituents is 2. The van der Waals surface area contributed by atoms with E-state index in [1.54, 1.807) is 61.5 Å². The van der Waals surface area contributed by atoms with Crippen molar-refractivity contribution in [1.82, 2.24) is 0 Å². The van der Waals surface area contributed by atoms with Gasteiger partial charge in [-0.1, -0.05) is 66.7 Å². The molecule has 0 aromatic heterocycles. The average molecular weight is 470 g/mol. The number of phenols is 2. The summed E-state index contributed by atoms with van der Waals surface area (Å²) in [5, 5.41) is 24.7. The zero-order chi connectivity index (χ0) is 24.0. The Hall–Kier alpha value is -4.03. The van der Waals surface area contributed by atoms with E-state index < -0.39 is 10.0 Å². The van der Waals surface area contributed by atoms with Crippen LogP contribution in [0, 0.1) is 13.8 Å². The highest BCUT2D eigenvalue weighted by Gasteiger charge is 2.22. The van der Waals surface area contributed by atoms with Crippen LogP contribution in [0.25, 0.3) is 32.7 Å². The molecule has 6 heteroatoms. The van der Waals surface area contributed by atoms with Crippen molar-refractivity contribution in [1.29, 1.82) is 0 Å². The second-order valence-electron chi connectivity index (χ2n) is 8.42. The fourth-order valence-corrected chi connectivity index (χ4v) is 5.78. The third-order valence-electron chi connectivity index (χ3n) is 6.07. The van der Waals surface area contributed by atoms with Crippen molar-refractivity contribution in [2.75, 3.05) is 4.72 Å². The van der Waals surface area contributed by atoms with Crippen molar-refractivity contribution in [3.05, 3.63) is 96.1 Å². The van der Waals surface area contributed by atoms with Gasteiger partial charge in [-0.15, -0.1) is 0 Å². The van der Waals surface area contributed by atoms with Gasteiger partial charge in [0.2, 0.25) is 0 Å². The quantitative estimate of drug-likeness (QED) is 0.263. The molecule has 0 amide bonds. The van der Waals surface area contributed by atoms with E-state index in [1.165, 1.54) is 0 Å². The molecule has 0 bridgehead atoms. The lowest BCUT2D eigenvalue weighted by Crippen LogP contribution is -2.15. The smallest absolute Gasteiger partial charge is 0.262 e. The van der Waals surface area contributed by atoms with Crippen molar-refractivity contribution in [3.63, 3.8) is 0 Å². The van der Waals surface area contributed by atoms with Gasteiger partial charge in [-0.3, -0.25) is 4.72 Å². The van der Waals surface area contributed by atoms with Gasteiger partial charge in [-0.25, -0.2) is 8.42 Å². The van der Waals surface area contributed by atoms with Crippen LogP contribution in [0.15, 0.2) is 89.8 Å². The van der Waals surface area contributed by atoms with Crippen LogP contribution in [-0.2, 0) is 10.0 Å². The van der Waals surface area contributed by atoms with Gasteiger partial charge in [0.05, 0.1) is 10.6 Å². The van der Waals surface area contributed by atoms with E-state index in [4.69, 9.17) is 0 Å². The van der Waals surface area contributed by atoms with E-state index in [-0.39, 0.29) is 16.4 Å². The summed E-state index contributed by atoms with van der Waals surface area (Å²) >= 11 is 0. The molecule has 0 saturated heterocycles. The molecule has 0 fully saturated rings. The number of benzene rings is 5. The standard InChI is InChI=1S/C28H23NO4S/c1-17-11-12-18(2)26(15-17)34(32,33)29-24-16-23(28(31)22-10-6-5-9-21(22)24)27-20-8-4-3-7-19(20)13-14-25(27)30/h3-16,29-31H,1-2H3. The molecule has 5 aromatic rings. The number of hydrogen-bond acceptors (Lipinski definition) is 4. The lowest BCUT2D eigenvalue weighted by atomic mass is 9.93. The summed E-state index contributed by atoms with van der Waals surface area (Å²) in [7, 11) is -3.92. The molecular weight excluding hydrogens is 446 g/mol. The molecule has 5 aromatic carbocycles. The van der Waals surface area contributed by atoms with Crippen LogP contribution in [-0.4, -0.2) is 18.6 Å². The highest BCUT2D eigenvalue weighted by Crippen LogP contribution is 2.46. The Morgan fingerprint density at radius 3 is 2.18 bits per heavy atom. The molecule has 5 nitrogen and oxygen atoms in total. The predicted molar refractivity (Wildman–Crippen MR) is 137 cm³/mol. The molecule has 0 heterocycles. The Bertz CT molecular complexity index is 1690. The first-order valence-electron chi connectivity index (χ1n) is 10.8. The van der Waals surface area contributed by atoms with E-state index >= 15 is 0 Å². The van der Waals surface area contributed by atoms with Crippen molar-refractivity contribution in [2.45, 2.75) is 18.7 Å². The summed E-state index contributed by atoms with van der Waals surface area (Å²) in [6, 6.07) is 24.8. The first kappa shape index (κ1) is 21.8. The van der Waals surface area contributed by atoms with E-state index in [0.29, 0.717) is 33.2 Å². The molecular formula is C28H23NO4S. The molecule has 5 rings (SSSR count). The van der Waals surface area contributed by atoms with Gasteiger partial charge in [0.15, 0.2) is 0 Å². The SMILES string of the molecule is Cc1ccc(C)c(S(=O)(=O)Nc2cc(-c3c(O)ccc4ccccc34)c(O)c3ccccc23)c1. The minimum atomic E-state index is -3.92. The molecule has 0 aliphatic carbocycles. The molecule has 0 saturated carbocycles. The van der Waals surface area contributed by atoms with Crippen molar-refractivity contribution in [3.8, 4) is 22.6 Å². The monoisotopic (exact) mass is 469 g/mol. The average Bonchev–Trinajstić information content (AvgIpc) is 2.82. The third kappa shape index (κ3) is 3.62. The molecule has 0 unspecified atom stereocenters. The first-order chi connectivity index (χ1) is 16.3. The summed E-state index contributed by atoms with van der Waals surface area (Å²) in [5.74, 6) is -0.0374. The fraction of sp³-hybridized carbons (Fsp3) is 0.0714. The number of anilines is 1. The minimum Gasteiger partial charge on any atom is -0.507 e. The number of rotatable bonds is 4. The fourth-order valence-electron chi connectivity index (χ4n) is 4.37. The molecule has 0 spiro atoms. The lowest BCUT2D eigenvalue weighted by molar-refractivity contribution is 0.472. The summed E-state index contributed by atoms with van der Waals surface area (Å²) in [5.41, 5.74) is 2.56. The van der Waals surface area contributed by atoms with E-state index in [0.717, 1.165) is 16.3 Å². The predicted octanol–water partition coefficient (Wildman–Crippen LogP) is 6.49. The number of fused-ring (bicyclic) bond motifs is 2. The van der Waals surface area contributed by atoms with Crippen molar-refractivity contribution in [2.24, 2.45) is 0 Å². The Balaban J connectivity index is 1.78. The van der Waals surface area contributed by atoms with Crippen LogP contribution in [0.3, 0.4) is 0 Å². The second-order valence-corrected chi connectivity index (χ2v) is 10.1. The number of sulfonamides is 1. The molecule has 0 atom stereocenters. The normalized spacial score (nSPS) is 11.7. The Labute approximate surface area is 198 Å². The van der Waals surface area contributed by atoms with Gasteiger partial charge in [0.25, 0.3) is 10.0 Å². The van der Waals surface area contributed by atoms with Gasteiger partial charge >= 0.3 is 0 Å². The zero-order valence-corrected chi connectivity index (χ0v) is 19.5. The maximum absolute atomic E-state index is 13.4. The zero-order valence-electron chi connectivity index (χ0n) is 18.7. The van der Waals surface area contributed by atoms with Crippen LogP contribution in [0.2, 0.25) is 0 Å². The van der Waals surface area contributed by atoms with Crippen LogP contribution in [0.5, 0.6) is 11.5 Å². The van der Waals surface area contributed by atoms with Crippen LogP contribution in [0.1, 0.15) is 11.1 Å². The second kappa shape index (κ2) is 8.08. The maximum atomic E-state index is 13.4. The highest BCUT2D eigenvalue weighted by molar-refractivity contribution is 7.92. The van der Waals surface area contributed by atoms with Gasteiger partial charge in [0.1, 0.15) is 11.5 Å². The van der Waals surface area contributed by atoms with Crippen molar-refractivity contribution >= 4 is 37.3 Å². The maximum Gasteiger partial charge on any atom is 0.262 e. The molecule has 0 radical (unpaired) electrons. The molecule has 34 heavy (non-hydrogen) atoms. The van der Waals surface area contributed by atoms with Gasteiger partial charge < -0.3 is 10.2 Å². The molecule has 3 N–H and O–H groups in total. The van der Waals surface area contributed by atoms with Crippen LogP contribution >= 0.6 is 0 Å². The highest BCUT2D eigenvalue weighted by atomic mass is 32.2. The van der Waals surface area contributed by atoms with Gasteiger partial charge in [-0.05, 0) is 53.9 Å². The summed E-state index contributed by atoms with van der Waals surface area (Å²) in [4.78, 5) is 0.194. The molecule has 170 valence electrons. The number of aryl methyl sites for hydroxylation is 2. The minimum absolute atomic E-state index is 0.00684. The summed E-state index contributed by atoms with van der Waals surface area (Å²) in [6.45, 7) is 3.60. The Morgan fingerprint density at radius 1 is 0.735 bits per heavy atom. The van der Waals surface area contributed by atoms with E-state index in [9.17, 15) is 18.6 Å². The third-order valence-corrected chi connectivity index (χ3v) is 7.58. The van der Waals surface area contributed by atoms with E-state index in [2.05, 4.69) is 4.72 Å². The number of hydrogen-bond donors (Lipinski definition) is 3. The largest absolute Gasteiger partial charge is 0.507 e. The molecule has 0 aliphatic heterocycles. The van der Waals surface area contributed by atoms with E-state index in [1.807, 2.05) is 37.3 Å². The number of aromatic hydroxyl groups is 2. The van der Waals surface area contributed by atoms with Crippen molar-refractivity contribution < 1.29 is 18.6 Å². The summed E-state index contributed by atoms with van der Waals surface area (Å²) < 4.78 is 29.5. The van der Waals surface area contributed by atoms with Crippen LogP contribution < -0.4 is 4.72 Å². The molecule has 0 aliphatic rings. The van der Waals surface area contributed by atoms with Gasteiger partial charge in [0, 0.05) is 21.9 Å². The lowest BCUT2D eigenvalue weighted by Gasteiger charge is -2.18. The first-order valence-corrected chi connectivity index (χ1v) is 12.3. The van der Waals surface area contributed by atoms with Crippen LogP contribution in [0.4, 0.5) is 5.69 Å². The Kier molecular flexibility index (Phi) is 5.18. The van der Waals surface area contributed by atoms with Gasteiger partial charge in [-0.2, -0.15) is 0 Å². The Morgan fingerprint density at radius 2 is 1.41 bits per heavy atom. The number of nitrogens with one attached hydrogen (secondary N) is 1. The summed E-state index contributed by atoms with van der Waals surface area (Å²) in [6.07, 6.45) is 0. The topological polar surface area (TPSA) is 86.6 Å².